The van der Waals surface area contributed by atoms with E-state index in [0.29, 0.717) is 0 Å². The first-order valence-electron chi connectivity index (χ1n) is 5.98. The van der Waals surface area contributed by atoms with Crippen LogP contribution in [0.3, 0.4) is 0 Å². The summed E-state index contributed by atoms with van der Waals surface area (Å²) in [5.41, 5.74) is 2.69. The summed E-state index contributed by atoms with van der Waals surface area (Å²) in [6, 6.07) is 9.88. The normalized spacial score (nSPS) is 10.8. The van der Waals surface area contributed by atoms with Gasteiger partial charge in [0.2, 0.25) is 0 Å². The zero-order chi connectivity index (χ0) is 13.4. The van der Waals surface area contributed by atoms with Gasteiger partial charge in [-0.15, -0.1) is 11.3 Å². The average molecular weight is 268 g/mol. The molecular formula is C15H12N2OS. The van der Waals surface area contributed by atoms with Crippen LogP contribution in [0.25, 0.3) is 22.2 Å². The number of aromatic nitrogens is 2. The van der Waals surface area contributed by atoms with Crippen molar-refractivity contribution in [2.24, 2.45) is 0 Å². The maximum absolute atomic E-state index is 11.7. The largest absolute Gasteiger partial charge is 0.294 e. The number of pyridine rings is 1. The van der Waals surface area contributed by atoms with E-state index in [4.69, 9.17) is 0 Å². The van der Waals surface area contributed by atoms with Crippen molar-refractivity contribution in [2.45, 2.75) is 13.8 Å². The van der Waals surface area contributed by atoms with E-state index >= 15 is 0 Å². The van der Waals surface area contributed by atoms with Gasteiger partial charge in [-0.2, -0.15) is 0 Å². The average Bonchev–Trinajstić information content (AvgIpc) is 2.80. The van der Waals surface area contributed by atoms with Crippen LogP contribution in [-0.4, -0.2) is 15.8 Å². The Morgan fingerprint density at radius 3 is 2.89 bits per heavy atom. The molecule has 0 amide bonds. The van der Waals surface area contributed by atoms with Crippen molar-refractivity contribution < 1.29 is 4.79 Å². The molecule has 0 spiro atoms. The Bertz CT molecular complexity index is 777. The first kappa shape index (κ1) is 12.0. The molecule has 3 rings (SSSR count). The molecule has 4 heteroatoms. The molecule has 3 nitrogen and oxygen atoms in total. The number of thiazole rings is 1. The third kappa shape index (κ3) is 2.15. The molecule has 0 aliphatic carbocycles. The molecular weight excluding hydrogens is 256 g/mol. The molecule has 0 aliphatic heterocycles. The number of rotatable bonds is 2. The molecule has 0 radical (unpaired) electrons. The number of hydrogen-bond acceptors (Lipinski definition) is 4. The standard InChI is InChI=1S/C15H12N2OS/c1-9(18)15-14(17-10(2)19-15)12-5-6-13-11(8-12)4-3-7-16-13/h3-8H,1-2H3. The Labute approximate surface area is 115 Å². The fraction of sp³-hybridized carbons (Fsp3) is 0.133. The first-order valence-corrected chi connectivity index (χ1v) is 6.80. The lowest BCUT2D eigenvalue weighted by molar-refractivity contribution is 0.102. The van der Waals surface area contributed by atoms with Gasteiger partial charge < -0.3 is 0 Å². The highest BCUT2D eigenvalue weighted by molar-refractivity contribution is 7.14. The molecule has 0 saturated carbocycles. The van der Waals surface area contributed by atoms with E-state index in [-0.39, 0.29) is 5.78 Å². The van der Waals surface area contributed by atoms with Gasteiger partial charge in [-0.3, -0.25) is 9.78 Å². The molecule has 2 aromatic heterocycles. The van der Waals surface area contributed by atoms with Crippen LogP contribution in [0.15, 0.2) is 36.5 Å². The summed E-state index contributed by atoms with van der Waals surface area (Å²) in [5.74, 6) is 0.0619. The van der Waals surface area contributed by atoms with Crippen molar-refractivity contribution in [1.82, 2.24) is 9.97 Å². The highest BCUT2D eigenvalue weighted by Crippen LogP contribution is 2.30. The maximum atomic E-state index is 11.7. The predicted molar refractivity (Wildman–Crippen MR) is 77.6 cm³/mol. The van der Waals surface area contributed by atoms with Crippen molar-refractivity contribution in [3.63, 3.8) is 0 Å². The number of carbonyl (C=O) groups excluding carboxylic acids is 1. The maximum Gasteiger partial charge on any atom is 0.172 e. The Kier molecular flexibility index (Phi) is 2.87. The fourth-order valence-electron chi connectivity index (χ4n) is 2.08. The van der Waals surface area contributed by atoms with E-state index in [1.54, 1.807) is 13.1 Å². The van der Waals surface area contributed by atoms with Crippen LogP contribution >= 0.6 is 11.3 Å². The van der Waals surface area contributed by atoms with Gasteiger partial charge >= 0.3 is 0 Å². The predicted octanol–water partition coefficient (Wildman–Crippen LogP) is 3.87. The van der Waals surface area contributed by atoms with Gasteiger partial charge in [0.05, 0.1) is 21.1 Å². The first-order chi connectivity index (χ1) is 9.15. The van der Waals surface area contributed by atoms with Gasteiger partial charge in [-0.1, -0.05) is 12.1 Å². The smallest absolute Gasteiger partial charge is 0.172 e. The number of aryl methyl sites for hydroxylation is 1. The number of nitrogens with zero attached hydrogens (tertiary/aromatic N) is 2. The lowest BCUT2D eigenvalue weighted by atomic mass is 10.1. The van der Waals surface area contributed by atoms with Crippen molar-refractivity contribution in [3.8, 4) is 11.3 Å². The zero-order valence-corrected chi connectivity index (χ0v) is 11.5. The zero-order valence-electron chi connectivity index (χ0n) is 10.7. The van der Waals surface area contributed by atoms with E-state index < -0.39 is 0 Å². The van der Waals surface area contributed by atoms with Gasteiger partial charge in [-0.05, 0) is 25.1 Å². The molecule has 0 unspecified atom stereocenters. The fourth-order valence-corrected chi connectivity index (χ4v) is 2.92. The third-order valence-corrected chi connectivity index (χ3v) is 4.00. The molecule has 2 heterocycles. The molecule has 0 fully saturated rings. The number of ketones is 1. The molecule has 0 aliphatic rings. The van der Waals surface area contributed by atoms with Gasteiger partial charge in [0.25, 0.3) is 0 Å². The van der Waals surface area contributed by atoms with E-state index in [2.05, 4.69) is 9.97 Å². The quantitative estimate of drug-likeness (QED) is 0.663. The highest BCUT2D eigenvalue weighted by Gasteiger charge is 2.15. The monoisotopic (exact) mass is 268 g/mol. The summed E-state index contributed by atoms with van der Waals surface area (Å²) in [6.07, 6.45) is 1.77. The number of carbonyl (C=O) groups is 1. The molecule has 94 valence electrons. The van der Waals surface area contributed by atoms with Gasteiger partial charge in [0.1, 0.15) is 0 Å². The lowest BCUT2D eigenvalue weighted by Crippen LogP contribution is -1.92. The Morgan fingerprint density at radius 2 is 2.11 bits per heavy atom. The van der Waals surface area contributed by atoms with Gasteiger partial charge in [0, 0.05) is 24.1 Å². The van der Waals surface area contributed by atoms with E-state index in [9.17, 15) is 4.79 Å². The lowest BCUT2D eigenvalue weighted by Gasteiger charge is -2.02. The van der Waals surface area contributed by atoms with E-state index in [1.807, 2.05) is 37.3 Å². The second kappa shape index (κ2) is 4.55. The molecule has 0 atom stereocenters. The highest BCUT2D eigenvalue weighted by atomic mass is 32.1. The minimum atomic E-state index is 0.0619. The van der Waals surface area contributed by atoms with E-state index in [0.717, 1.165) is 32.0 Å². The molecule has 0 N–H and O–H groups in total. The van der Waals surface area contributed by atoms with Crippen LogP contribution in [0.4, 0.5) is 0 Å². The number of hydrogen-bond donors (Lipinski definition) is 0. The molecule has 3 aromatic rings. The van der Waals surface area contributed by atoms with Crippen LogP contribution < -0.4 is 0 Å². The number of fused-ring (bicyclic) bond motifs is 1. The molecule has 0 saturated heterocycles. The molecule has 1 aromatic carbocycles. The van der Waals surface area contributed by atoms with Crippen LogP contribution in [0, 0.1) is 6.92 Å². The van der Waals surface area contributed by atoms with Crippen molar-refractivity contribution in [1.29, 1.82) is 0 Å². The van der Waals surface area contributed by atoms with Gasteiger partial charge in [0.15, 0.2) is 5.78 Å². The number of benzene rings is 1. The van der Waals surface area contributed by atoms with E-state index in [1.165, 1.54) is 11.3 Å². The van der Waals surface area contributed by atoms with Crippen molar-refractivity contribution >= 4 is 28.0 Å². The summed E-state index contributed by atoms with van der Waals surface area (Å²) in [6.45, 7) is 3.50. The van der Waals surface area contributed by atoms with Crippen LogP contribution in [0.2, 0.25) is 0 Å². The Morgan fingerprint density at radius 1 is 1.26 bits per heavy atom. The second-order valence-electron chi connectivity index (χ2n) is 4.38. The Hall–Kier alpha value is -2.07. The summed E-state index contributed by atoms with van der Waals surface area (Å²) < 4.78 is 0. The van der Waals surface area contributed by atoms with Crippen LogP contribution in [0.5, 0.6) is 0 Å². The van der Waals surface area contributed by atoms with Crippen LogP contribution in [-0.2, 0) is 0 Å². The third-order valence-electron chi connectivity index (χ3n) is 2.93. The summed E-state index contributed by atoms with van der Waals surface area (Å²) in [7, 11) is 0. The summed E-state index contributed by atoms with van der Waals surface area (Å²) in [5, 5.41) is 1.96. The van der Waals surface area contributed by atoms with Crippen LogP contribution in [0.1, 0.15) is 21.6 Å². The van der Waals surface area contributed by atoms with Gasteiger partial charge in [-0.25, -0.2) is 4.98 Å². The molecule has 0 bridgehead atoms. The molecule has 19 heavy (non-hydrogen) atoms. The minimum Gasteiger partial charge on any atom is -0.294 e. The second-order valence-corrected chi connectivity index (χ2v) is 5.58. The summed E-state index contributed by atoms with van der Waals surface area (Å²) in [4.78, 5) is 21.2. The topological polar surface area (TPSA) is 42.9 Å². The van der Waals surface area contributed by atoms with Crippen molar-refractivity contribution in [2.75, 3.05) is 0 Å². The SMILES string of the molecule is CC(=O)c1sc(C)nc1-c1ccc2ncccc2c1. The Balaban J connectivity index is 2.21. The summed E-state index contributed by atoms with van der Waals surface area (Å²) >= 11 is 1.45. The van der Waals surface area contributed by atoms with Crippen molar-refractivity contribution in [3.05, 3.63) is 46.4 Å². The minimum absolute atomic E-state index is 0.0619. The number of Topliss-reactive ketones (excluding diaryl/α,β-unsaturated/α-hetero) is 1.